The summed E-state index contributed by atoms with van der Waals surface area (Å²) in [5.41, 5.74) is 5.47. The Morgan fingerprint density at radius 2 is 2.17 bits per heavy atom. The summed E-state index contributed by atoms with van der Waals surface area (Å²) in [5, 5.41) is 4.01. The second kappa shape index (κ2) is 5.17. The van der Waals surface area contributed by atoms with Crippen LogP contribution >= 0.6 is 0 Å². The molecule has 1 fully saturated rings. The van der Waals surface area contributed by atoms with Gasteiger partial charge >= 0.3 is 6.18 Å². The standard InChI is InChI=1S/C11H17F3N4/c12-11(13,14)9-2-1-4-17(8-9)6-7-18-5-3-10(15)16-18/h3,5,9H,1-2,4,6-8H2,(H2,15,16). The van der Waals surface area contributed by atoms with E-state index in [0.29, 0.717) is 25.3 Å². The van der Waals surface area contributed by atoms with Gasteiger partial charge in [0.1, 0.15) is 5.82 Å². The molecule has 4 nitrogen and oxygen atoms in total. The van der Waals surface area contributed by atoms with Crippen molar-refractivity contribution in [3.63, 3.8) is 0 Å². The van der Waals surface area contributed by atoms with E-state index in [1.165, 1.54) is 0 Å². The third-order valence-electron chi connectivity index (χ3n) is 3.28. The Kier molecular flexibility index (Phi) is 3.79. The molecule has 1 aromatic rings. The van der Waals surface area contributed by atoms with Crippen molar-refractivity contribution in [3.05, 3.63) is 12.3 Å². The molecule has 0 radical (unpaired) electrons. The van der Waals surface area contributed by atoms with Crippen LogP contribution in [-0.2, 0) is 6.54 Å². The fraction of sp³-hybridized carbons (Fsp3) is 0.727. The molecule has 1 aliphatic heterocycles. The van der Waals surface area contributed by atoms with E-state index in [4.69, 9.17) is 5.73 Å². The molecule has 2 rings (SSSR count). The fourth-order valence-corrected chi connectivity index (χ4v) is 2.27. The molecule has 1 aliphatic rings. The van der Waals surface area contributed by atoms with Gasteiger partial charge in [-0.05, 0) is 25.5 Å². The Labute approximate surface area is 104 Å². The number of likely N-dealkylation sites (tertiary alicyclic amines) is 1. The second-order valence-corrected chi connectivity index (χ2v) is 4.69. The van der Waals surface area contributed by atoms with E-state index in [1.807, 2.05) is 4.90 Å². The summed E-state index contributed by atoms with van der Waals surface area (Å²) in [6.07, 6.45) is -1.49. The van der Waals surface area contributed by atoms with Crippen LogP contribution in [0.15, 0.2) is 12.3 Å². The predicted molar refractivity (Wildman–Crippen MR) is 61.9 cm³/mol. The Morgan fingerprint density at radius 3 is 2.78 bits per heavy atom. The quantitative estimate of drug-likeness (QED) is 0.902. The topological polar surface area (TPSA) is 47.1 Å². The number of hydrogen-bond acceptors (Lipinski definition) is 3. The lowest BCUT2D eigenvalue weighted by atomic mass is 9.97. The molecule has 1 aromatic heterocycles. The van der Waals surface area contributed by atoms with E-state index < -0.39 is 12.1 Å². The maximum absolute atomic E-state index is 12.6. The summed E-state index contributed by atoms with van der Waals surface area (Å²) < 4.78 is 39.5. The monoisotopic (exact) mass is 262 g/mol. The van der Waals surface area contributed by atoms with Crippen molar-refractivity contribution in [1.29, 1.82) is 0 Å². The molecule has 2 N–H and O–H groups in total. The molecule has 0 bridgehead atoms. The molecule has 0 aromatic carbocycles. The SMILES string of the molecule is Nc1ccn(CCN2CCCC(C(F)(F)F)C2)n1. The third-order valence-corrected chi connectivity index (χ3v) is 3.28. The van der Waals surface area contributed by atoms with Crippen LogP contribution in [0.4, 0.5) is 19.0 Å². The molecule has 0 aliphatic carbocycles. The highest BCUT2D eigenvalue weighted by Gasteiger charge is 2.41. The van der Waals surface area contributed by atoms with Gasteiger partial charge < -0.3 is 10.6 Å². The first-order chi connectivity index (χ1) is 8.45. The van der Waals surface area contributed by atoms with Gasteiger partial charge in [0.25, 0.3) is 0 Å². The number of anilines is 1. The van der Waals surface area contributed by atoms with Gasteiger partial charge in [-0.1, -0.05) is 0 Å². The van der Waals surface area contributed by atoms with Gasteiger partial charge in [0, 0.05) is 19.3 Å². The highest BCUT2D eigenvalue weighted by Crippen LogP contribution is 2.32. The fourth-order valence-electron chi connectivity index (χ4n) is 2.27. The highest BCUT2D eigenvalue weighted by molar-refractivity contribution is 5.23. The van der Waals surface area contributed by atoms with E-state index in [0.717, 1.165) is 6.54 Å². The van der Waals surface area contributed by atoms with Gasteiger partial charge in [0.2, 0.25) is 0 Å². The minimum atomic E-state index is -4.07. The van der Waals surface area contributed by atoms with Crippen LogP contribution in [0.5, 0.6) is 0 Å². The minimum Gasteiger partial charge on any atom is -0.382 e. The summed E-state index contributed by atoms with van der Waals surface area (Å²) in [6.45, 7) is 1.97. The molecule has 1 saturated heterocycles. The van der Waals surface area contributed by atoms with Crippen LogP contribution in [0.2, 0.25) is 0 Å². The molecule has 7 heteroatoms. The highest BCUT2D eigenvalue weighted by atomic mass is 19.4. The third kappa shape index (κ3) is 3.38. The van der Waals surface area contributed by atoms with Crippen molar-refractivity contribution in [1.82, 2.24) is 14.7 Å². The zero-order chi connectivity index (χ0) is 13.2. The predicted octanol–water partition coefficient (Wildman–Crippen LogP) is 1.74. The molecular weight excluding hydrogens is 245 g/mol. The first-order valence-electron chi connectivity index (χ1n) is 6.03. The zero-order valence-electron chi connectivity index (χ0n) is 10.0. The molecule has 1 atom stereocenters. The number of halogens is 3. The average Bonchev–Trinajstić information content (AvgIpc) is 2.72. The van der Waals surface area contributed by atoms with Gasteiger partial charge in [-0.2, -0.15) is 18.3 Å². The number of piperidine rings is 1. The van der Waals surface area contributed by atoms with E-state index in [1.54, 1.807) is 16.9 Å². The first kappa shape index (κ1) is 13.2. The van der Waals surface area contributed by atoms with Crippen molar-refractivity contribution in [3.8, 4) is 0 Å². The van der Waals surface area contributed by atoms with E-state index in [9.17, 15) is 13.2 Å². The number of nitrogens with two attached hydrogens (primary N) is 1. The Balaban J connectivity index is 1.83. The second-order valence-electron chi connectivity index (χ2n) is 4.69. The molecule has 18 heavy (non-hydrogen) atoms. The average molecular weight is 262 g/mol. The Morgan fingerprint density at radius 1 is 1.39 bits per heavy atom. The van der Waals surface area contributed by atoms with Crippen LogP contribution in [0.1, 0.15) is 12.8 Å². The molecule has 2 heterocycles. The van der Waals surface area contributed by atoms with E-state index in [2.05, 4.69) is 5.10 Å². The summed E-state index contributed by atoms with van der Waals surface area (Å²) in [4.78, 5) is 1.85. The maximum atomic E-state index is 12.6. The Hall–Kier alpha value is -1.24. The van der Waals surface area contributed by atoms with Gasteiger partial charge in [-0.15, -0.1) is 0 Å². The van der Waals surface area contributed by atoms with Gasteiger partial charge in [0.05, 0.1) is 12.5 Å². The van der Waals surface area contributed by atoms with Crippen molar-refractivity contribution in [2.45, 2.75) is 25.6 Å². The molecule has 0 spiro atoms. The number of hydrogen-bond donors (Lipinski definition) is 1. The van der Waals surface area contributed by atoms with Crippen molar-refractivity contribution in [2.24, 2.45) is 5.92 Å². The summed E-state index contributed by atoms with van der Waals surface area (Å²) in [7, 11) is 0. The normalized spacial score (nSPS) is 22.3. The lowest BCUT2D eigenvalue weighted by Crippen LogP contribution is -2.42. The number of alkyl halides is 3. The lowest BCUT2D eigenvalue weighted by molar-refractivity contribution is -0.186. The smallest absolute Gasteiger partial charge is 0.382 e. The summed E-state index contributed by atoms with van der Waals surface area (Å²) in [6, 6.07) is 1.68. The van der Waals surface area contributed by atoms with E-state index in [-0.39, 0.29) is 13.0 Å². The number of nitrogens with zero attached hydrogens (tertiary/aromatic N) is 3. The lowest BCUT2D eigenvalue weighted by Gasteiger charge is -2.33. The Bertz CT molecular complexity index is 388. The van der Waals surface area contributed by atoms with Crippen LogP contribution in [0, 0.1) is 5.92 Å². The molecule has 0 amide bonds. The van der Waals surface area contributed by atoms with Crippen molar-refractivity contribution >= 4 is 5.82 Å². The summed E-state index contributed by atoms with van der Waals surface area (Å²) >= 11 is 0. The van der Waals surface area contributed by atoms with Gasteiger partial charge in [-0.25, -0.2) is 0 Å². The van der Waals surface area contributed by atoms with Crippen molar-refractivity contribution in [2.75, 3.05) is 25.4 Å². The molecular formula is C11H17F3N4. The van der Waals surface area contributed by atoms with Crippen LogP contribution in [0.25, 0.3) is 0 Å². The number of nitrogen functional groups attached to an aromatic ring is 1. The number of aromatic nitrogens is 2. The zero-order valence-corrected chi connectivity index (χ0v) is 10.0. The first-order valence-corrected chi connectivity index (χ1v) is 6.03. The number of rotatable bonds is 3. The van der Waals surface area contributed by atoms with Crippen LogP contribution in [0.3, 0.4) is 0 Å². The maximum Gasteiger partial charge on any atom is 0.393 e. The van der Waals surface area contributed by atoms with Crippen molar-refractivity contribution < 1.29 is 13.2 Å². The van der Waals surface area contributed by atoms with Gasteiger partial charge in [0.15, 0.2) is 0 Å². The largest absolute Gasteiger partial charge is 0.393 e. The summed E-state index contributed by atoms with van der Waals surface area (Å²) in [5.74, 6) is -0.754. The minimum absolute atomic E-state index is 0.0975. The van der Waals surface area contributed by atoms with Crippen LogP contribution < -0.4 is 5.73 Å². The molecule has 0 saturated carbocycles. The van der Waals surface area contributed by atoms with E-state index >= 15 is 0 Å². The molecule has 102 valence electrons. The molecule has 1 unspecified atom stereocenters. The van der Waals surface area contributed by atoms with Crippen LogP contribution in [-0.4, -0.2) is 40.5 Å². The van der Waals surface area contributed by atoms with Gasteiger partial charge in [-0.3, -0.25) is 4.68 Å².